The molecule has 2 aromatic carbocycles. The van der Waals surface area contributed by atoms with Crippen LogP contribution in [-0.4, -0.2) is 4.92 Å². The summed E-state index contributed by atoms with van der Waals surface area (Å²) in [6.45, 7) is 0. The van der Waals surface area contributed by atoms with Crippen LogP contribution >= 0.6 is 15.9 Å². The third-order valence-corrected chi connectivity index (χ3v) is 2.94. The number of anilines is 1. The lowest BCUT2D eigenvalue weighted by Crippen LogP contribution is -1.89. The topological polar surface area (TPSA) is 79.9 Å². The van der Waals surface area contributed by atoms with E-state index < -0.39 is 4.92 Å². The zero-order valence-electron chi connectivity index (χ0n) is 9.65. The summed E-state index contributed by atoms with van der Waals surface area (Å²) in [5, 5.41) is 18.3. The molecule has 2 aromatic rings. The van der Waals surface area contributed by atoms with Crippen molar-refractivity contribution in [2.24, 2.45) is 10.3 Å². The Morgan fingerprint density at radius 2 is 1.79 bits per heavy atom. The smallest absolute Gasteiger partial charge is 0.260 e. The summed E-state index contributed by atoms with van der Waals surface area (Å²) in [5.74, 6) is 0. The van der Waals surface area contributed by atoms with E-state index in [9.17, 15) is 10.1 Å². The first-order valence-corrected chi connectivity index (χ1v) is 6.12. The molecule has 0 amide bonds. The molecule has 0 aromatic heterocycles. The summed E-state index contributed by atoms with van der Waals surface area (Å²) in [6, 6.07) is 13.3. The first-order chi connectivity index (χ1) is 9.16. The maximum Gasteiger partial charge on any atom is 0.269 e. The Bertz CT molecular complexity index is 613. The highest BCUT2D eigenvalue weighted by atomic mass is 79.9. The van der Waals surface area contributed by atoms with Gasteiger partial charge >= 0.3 is 0 Å². The summed E-state index contributed by atoms with van der Waals surface area (Å²) < 4.78 is 0.837. The lowest BCUT2D eigenvalue weighted by atomic mass is 10.3. The Labute approximate surface area is 117 Å². The molecule has 0 bridgehead atoms. The van der Waals surface area contributed by atoms with E-state index in [-0.39, 0.29) is 5.69 Å². The Balaban J connectivity index is 2.03. The van der Waals surface area contributed by atoms with E-state index in [0.717, 1.165) is 4.47 Å². The van der Waals surface area contributed by atoms with Gasteiger partial charge in [0.05, 0.1) is 10.6 Å². The first-order valence-electron chi connectivity index (χ1n) is 5.32. The van der Waals surface area contributed by atoms with E-state index in [2.05, 4.69) is 31.7 Å². The van der Waals surface area contributed by atoms with E-state index in [1.54, 1.807) is 12.1 Å². The molecule has 0 radical (unpaired) electrons. The highest BCUT2D eigenvalue weighted by Crippen LogP contribution is 2.24. The number of hydrogen-bond donors (Lipinski definition) is 1. The molecule has 0 spiro atoms. The molecule has 0 heterocycles. The predicted molar refractivity (Wildman–Crippen MR) is 75.4 cm³/mol. The van der Waals surface area contributed by atoms with Crippen LogP contribution in [0.15, 0.2) is 63.3 Å². The van der Waals surface area contributed by atoms with Crippen LogP contribution in [0.1, 0.15) is 0 Å². The lowest BCUT2D eigenvalue weighted by molar-refractivity contribution is -0.384. The molecule has 0 aliphatic carbocycles. The molecule has 0 atom stereocenters. The predicted octanol–water partition coefficient (Wildman–Crippen LogP) is 4.47. The van der Waals surface area contributed by atoms with Gasteiger partial charge in [-0.2, -0.15) is 0 Å². The van der Waals surface area contributed by atoms with Gasteiger partial charge in [0.2, 0.25) is 0 Å². The van der Waals surface area contributed by atoms with Gasteiger partial charge in [0.15, 0.2) is 0 Å². The Hall–Kier alpha value is -2.28. The SMILES string of the molecule is O=[N+]([O-])c1ccc(NN=Nc2ccccc2Br)cc1. The third-order valence-electron chi connectivity index (χ3n) is 2.27. The minimum absolute atomic E-state index is 0.0355. The van der Waals surface area contributed by atoms with Crippen molar-refractivity contribution in [3.63, 3.8) is 0 Å². The van der Waals surface area contributed by atoms with Crippen LogP contribution in [0.4, 0.5) is 17.1 Å². The molecule has 19 heavy (non-hydrogen) atoms. The highest BCUT2D eigenvalue weighted by molar-refractivity contribution is 9.10. The summed E-state index contributed by atoms with van der Waals surface area (Å²) in [5.41, 5.74) is 4.05. The largest absolute Gasteiger partial charge is 0.269 e. The third kappa shape index (κ3) is 3.59. The molecule has 7 heteroatoms. The van der Waals surface area contributed by atoms with Crippen molar-refractivity contribution >= 4 is 33.0 Å². The second-order valence-electron chi connectivity index (χ2n) is 3.57. The fourth-order valence-electron chi connectivity index (χ4n) is 1.33. The molecule has 2 rings (SSSR count). The average molecular weight is 321 g/mol. The van der Waals surface area contributed by atoms with Crippen LogP contribution in [0.5, 0.6) is 0 Å². The molecule has 0 saturated carbocycles. The number of non-ortho nitro benzene ring substituents is 1. The zero-order chi connectivity index (χ0) is 13.7. The molecular formula is C12H9BrN4O2. The number of halogens is 1. The fourth-order valence-corrected chi connectivity index (χ4v) is 1.69. The van der Waals surface area contributed by atoms with Gasteiger partial charge in [-0.15, -0.1) is 5.11 Å². The van der Waals surface area contributed by atoms with Crippen molar-refractivity contribution in [3.05, 3.63) is 63.1 Å². The molecule has 0 aliphatic heterocycles. The molecule has 1 N–H and O–H groups in total. The van der Waals surface area contributed by atoms with E-state index in [0.29, 0.717) is 11.4 Å². The van der Waals surface area contributed by atoms with Crippen LogP contribution in [0, 0.1) is 10.1 Å². The Morgan fingerprint density at radius 1 is 1.11 bits per heavy atom. The quantitative estimate of drug-likeness (QED) is 0.512. The second-order valence-corrected chi connectivity index (χ2v) is 4.42. The number of rotatable bonds is 4. The van der Waals surface area contributed by atoms with Crippen LogP contribution in [0.3, 0.4) is 0 Å². The Morgan fingerprint density at radius 3 is 2.42 bits per heavy atom. The molecule has 6 nitrogen and oxygen atoms in total. The van der Waals surface area contributed by atoms with Crippen LogP contribution in [0.25, 0.3) is 0 Å². The van der Waals surface area contributed by atoms with Gasteiger partial charge in [-0.05, 0) is 40.2 Å². The van der Waals surface area contributed by atoms with Crippen molar-refractivity contribution in [3.8, 4) is 0 Å². The molecular weight excluding hydrogens is 312 g/mol. The monoisotopic (exact) mass is 320 g/mol. The van der Waals surface area contributed by atoms with Crippen molar-refractivity contribution in [2.45, 2.75) is 0 Å². The number of nitro groups is 1. The molecule has 0 unspecified atom stereocenters. The molecule has 0 aliphatic rings. The van der Waals surface area contributed by atoms with Gasteiger partial charge < -0.3 is 0 Å². The van der Waals surface area contributed by atoms with E-state index >= 15 is 0 Å². The number of hydrogen-bond acceptors (Lipinski definition) is 4. The molecule has 96 valence electrons. The summed E-state index contributed by atoms with van der Waals surface area (Å²) >= 11 is 3.35. The van der Waals surface area contributed by atoms with Crippen molar-refractivity contribution < 1.29 is 4.92 Å². The maximum absolute atomic E-state index is 10.5. The number of nitro benzene ring substituents is 1. The van der Waals surface area contributed by atoms with E-state index in [4.69, 9.17) is 0 Å². The van der Waals surface area contributed by atoms with Crippen LogP contribution in [0.2, 0.25) is 0 Å². The van der Waals surface area contributed by atoms with Gasteiger partial charge in [-0.3, -0.25) is 15.5 Å². The van der Waals surface area contributed by atoms with E-state index in [1.165, 1.54) is 12.1 Å². The first kappa shape index (κ1) is 13.2. The van der Waals surface area contributed by atoms with Gasteiger partial charge in [-0.25, -0.2) is 0 Å². The summed E-state index contributed by atoms with van der Waals surface area (Å²) in [4.78, 5) is 10.0. The van der Waals surface area contributed by atoms with Gasteiger partial charge in [0, 0.05) is 16.6 Å². The number of nitrogens with one attached hydrogen (secondary N) is 1. The van der Waals surface area contributed by atoms with Gasteiger partial charge in [-0.1, -0.05) is 17.4 Å². The molecule has 0 fully saturated rings. The highest BCUT2D eigenvalue weighted by Gasteiger charge is 2.03. The molecule has 0 saturated heterocycles. The second kappa shape index (κ2) is 6.05. The number of benzene rings is 2. The van der Waals surface area contributed by atoms with Crippen LogP contribution < -0.4 is 5.43 Å². The van der Waals surface area contributed by atoms with Crippen molar-refractivity contribution in [1.29, 1.82) is 0 Å². The standard InChI is InChI=1S/C12H9BrN4O2/c13-11-3-1-2-4-12(11)15-16-14-9-5-7-10(8-6-9)17(18)19/h1-8H,(H,14,15). The number of nitrogens with zero attached hydrogens (tertiary/aromatic N) is 3. The van der Waals surface area contributed by atoms with Crippen molar-refractivity contribution in [1.82, 2.24) is 0 Å². The fraction of sp³-hybridized carbons (Fsp3) is 0. The minimum Gasteiger partial charge on any atom is -0.260 e. The van der Waals surface area contributed by atoms with Gasteiger partial charge in [0.25, 0.3) is 5.69 Å². The van der Waals surface area contributed by atoms with Crippen molar-refractivity contribution in [2.75, 3.05) is 5.43 Å². The normalized spacial score (nSPS) is 10.6. The van der Waals surface area contributed by atoms with Gasteiger partial charge in [0.1, 0.15) is 5.69 Å². The lowest BCUT2D eigenvalue weighted by Gasteiger charge is -1.99. The summed E-state index contributed by atoms with van der Waals surface area (Å²) in [7, 11) is 0. The summed E-state index contributed by atoms with van der Waals surface area (Å²) in [6.07, 6.45) is 0. The van der Waals surface area contributed by atoms with Crippen LogP contribution in [-0.2, 0) is 0 Å². The van der Waals surface area contributed by atoms with E-state index in [1.807, 2.05) is 24.3 Å². The zero-order valence-corrected chi connectivity index (χ0v) is 11.2. The maximum atomic E-state index is 10.5. The average Bonchev–Trinajstić information content (AvgIpc) is 2.41. The minimum atomic E-state index is -0.452. The Kier molecular flexibility index (Phi) is 4.19.